The smallest absolute Gasteiger partial charge is 0.261 e. The average molecular weight is 519 g/mol. The average Bonchev–Trinajstić information content (AvgIpc) is 2.82. The highest BCUT2D eigenvalue weighted by molar-refractivity contribution is 9.10. The van der Waals surface area contributed by atoms with E-state index in [1.54, 1.807) is 19.1 Å². The van der Waals surface area contributed by atoms with Gasteiger partial charge < -0.3 is 15.0 Å². The maximum absolute atomic E-state index is 13.4. The first-order valence-corrected chi connectivity index (χ1v) is 12.4. The van der Waals surface area contributed by atoms with Gasteiger partial charge in [-0.3, -0.25) is 9.59 Å². The van der Waals surface area contributed by atoms with Gasteiger partial charge in [0.15, 0.2) is 6.61 Å². The van der Waals surface area contributed by atoms with E-state index in [2.05, 4.69) is 28.2 Å². The molecular weight excluding hydrogens is 487 g/mol. The molecule has 1 N–H and O–H groups in total. The standard InChI is InChI=1S/C26H32BrFN2O3/c1-3-19-11-14-24(23(27)15-19)33-17-25(31)30(16-20-9-12-21(28)13-10-20)18(2)26(32)29-22-7-5-4-6-8-22/h9-15,18,22H,3-8,16-17H2,1-2H3,(H,29,32)/t18-/m1/s1. The Labute approximate surface area is 203 Å². The summed E-state index contributed by atoms with van der Waals surface area (Å²) in [5.74, 6) is -0.257. The van der Waals surface area contributed by atoms with Crippen LogP contribution in [0.25, 0.3) is 0 Å². The van der Waals surface area contributed by atoms with Crippen LogP contribution in [0.2, 0.25) is 0 Å². The molecule has 3 rings (SSSR count). The van der Waals surface area contributed by atoms with Gasteiger partial charge in [0.25, 0.3) is 5.91 Å². The van der Waals surface area contributed by atoms with Crippen molar-refractivity contribution in [3.8, 4) is 5.75 Å². The van der Waals surface area contributed by atoms with Crippen molar-refractivity contribution in [3.05, 3.63) is 63.9 Å². The van der Waals surface area contributed by atoms with Crippen LogP contribution in [0.15, 0.2) is 46.9 Å². The monoisotopic (exact) mass is 518 g/mol. The molecule has 0 aromatic heterocycles. The first-order chi connectivity index (χ1) is 15.9. The van der Waals surface area contributed by atoms with Crippen LogP contribution in [0.3, 0.4) is 0 Å². The first kappa shape index (κ1) is 25.2. The predicted molar refractivity (Wildman–Crippen MR) is 130 cm³/mol. The Morgan fingerprint density at radius 1 is 1.12 bits per heavy atom. The van der Waals surface area contributed by atoms with Gasteiger partial charge in [-0.2, -0.15) is 0 Å². The van der Waals surface area contributed by atoms with E-state index in [0.717, 1.165) is 47.7 Å². The lowest BCUT2D eigenvalue weighted by Gasteiger charge is -2.31. The molecule has 0 radical (unpaired) electrons. The van der Waals surface area contributed by atoms with Gasteiger partial charge in [-0.1, -0.05) is 44.4 Å². The van der Waals surface area contributed by atoms with Gasteiger partial charge in [0, 0.05) is 12.6 Å². The largest absolute Gasteiger partial charge is 0.483 e. The molecule has 5 nitrogen and oxygen atoms in total. The van der Waals surface area contributed by atoms with Gasteiger partial charge in [-0.25, -0.2) is 4.39 Å². The highest BCUT2D eigenvalue weighted by Crippen LogP contribution is 2.26. The minimum Gasteiger partial charge on any atom is -0.483 e. The Morgan fingerprint density at radius 3 is 2.42 bits per heavy atom. The molecule has 0 heterocycles. The fourth-order valence-corrected chi connectivity index (χ4v) is 4.58. The quantitative estimate of drug-likeness (QED) is 0.483. The molecule has 0 aliphatic heterocycles. The number of carbonyl (C=O) groups is 2. The van der Waals surface area contributed by atoms with Crippen LogP contribution >= 0.6 is 15.9 Å². The van der Waals surface area contributed by atoms with Crippen LogP contribution in [0.1, 0.15) is 57.1 Å². The zero-order valence-corrected chi connectivity index (χ0v) is 20.9. The molecule has 1 aliphatic carbocycles. The normalized spacial score (nSPS) is 15.0. The molecule has 0 saturated heterocycles. The lowest BCUT2D eigenvalue weighted by Crippen LogP contribution is -2.51. The molecule has 7 heteroatoms. The number of nitrogens with one attached hydrogen (secondary N) is 1. The second-order valence-electron chi connectivity index (χ2n) is 8.57. The van der Waals surface area contributed by atoms with Crippen LogP contribution < -0.4 is 10.1 Å². The Balaban J connectivity index is 1.71. The molecule has 178 valence electrons. The number of amides is 2. The summed E-state index contributed by atoms with van der Waals surface area (Å²) in [6.45, 7) is 3.79. The Bertz CT molecular complexity index is 945. The van der Waals surface area contributed by atoms with Crippen molar-refractivity contribution in [3.63, 3.8) is 0 Å². The molecule has 33 heavy (non-hydrogen) atoms. The summed E-state index contributed by atoms with van der Waals surface area (Å²) in [6.07, 6.45) is 6.25. The molecule has 1 fully saturated rings. The number of rotatable bonds is 9. The topological polar surface area (TPSA) is 58.6 Å². The minimum atomic E-state index is -0.681. The molecule has 2 aromatic rings. The number of hydrogen-bond acceptors (Lipinski definition) is 3. The van der Waals surface area contributed by atoms with Crippen LogP contribution in [-0.4, -0.2) is 35.4 Å². The van der Waals surface area contributed by atoms with E-state index < -0.39 is 6.04 Å². The summed E-state index contributed by atoms with van der Waals surface area (Å²) in [6, 6.07) is 11.2. The summed E-state index contributed by atoms with van der Waals surface area (Å²) in [7, 11) is 0. The molecule has 0 spiro atoms. The second kappa shape index (κ2) is 12.2. The number of benzene rings is 2. The molecular formula is C26H32BrFN2O3. The number of halogens is 2. The summed E-state index contributed by atoms with van der Waals surface area (Å²) in [5.41, 5.74) is 1.90. The van der Waals surface area contributed by atoms with Gasteiger partial charge in [-0.05, 0) is 77.5 Å². The molecule has 1 aliphatic rings. The SMILES string of the molecule is CCc1ccc(OCC(=O)N(Cc2ccc(F)cc2)[C@H](C)C(=O)NC2CCCCC2)c(Br)c1. The summed E-state index contributed by atoms with van der Waals surface area (Å²) < 4.78 is 19.9. The molecule has 1 atom stereocenters. The van der Waals surface area contributed by atoms with Gasteiger partial charge >= 0.3 is 0 Å². The molecule has 2 amide bonds. The Hall–Kier alpha value is -2.41. The zero-order chi connectivity index (χ0) is 23.8. The summed E-state index contributed by atoms with van der Waals surface area (Å²) >= 11 is 3.49. The summed E-state index contributed by atoms with van der Waals surface area (Å²) in [5, 5.41) is 3.10. The second-order valence-corrected chi connectivity index (χ2v) is 9.43. The van der Waals surface area contributed by atoms with Gasteiger partial charge in [0.1, 0.15) is 17.6 Å². The van der Waals surface area contributed by atoms with Crippen LogP contribution in [0.4, 0.5) is 4.39 Å². The fraction of sp³-hybridized carbons (Fsp3) is 0.462. The van der Waals surface area contributed by atoms with E-state index in [-0.39, 0.29) is 36.8 Å². The zero-order valence-electron chi connectivity index (χ0n) is 19.3. The van der Waals surface area contributed by atoms with Crippen molar-refractivity contribution < 1.29 is 18.7 Å². The third-order valence-corrected chi connectivity index (χ3v) is 6.76. The van der Waals surface area contributed by atoms with Crippen molar-refractivity contribution in [1.29, 1.82) is 0 Å². The number of aryl methyl sites for hydroxylation is 1. The van der Waals surface area contributed by atoms with Gasteiger partial charge in [-0.15, -0.1) is 0 Å². The van der Waals surface area contributed by atoms with Crippen LogP contribution in [-0.2, 0) is 22.6 Å². The lowest BCUT2D eigenvalue weighted by molar-refractivity contribution is -0.142. The molecule has 0 bridgehead atoms. The number of carbonyl (C=O) groups excluding carboxylic acids is 2. The number of hydrogen-bond donors (Lipinski definition) is 1. The summed E-state index contributed by atoms with van der Waals surface area (Å²) in [4.78, 5) is 27.7. The molecule has 2 aromatic carbocycles. The van der Waals surface area contributed by atoms with Crippen LogP contribution in [0.5, 0.6) is 5.75 Å². The van der Waals surface area contributed by atoms with E-state index in [1.165, 1.54) is 23.5 Å². The third-order valence-electron chi connectivity index (χ3n) is 6.14. The first-order valence-electron chi connectivity index (χ1n) is 11.6. The van der Waals surface area contributed by atoms with Crippen molar-refractivity contribution in [2.45, 2.75) is 71.0 Å². The van der Waals surface area contributed by atoms with Crippen LogP contribution in [0, 0.1) is 5.82 Å². The Kier molecular flexibility index (Phi) is 9.30. The van der Waals surface area contributed by atoms with E-state index in [4.69, 9.17) is 4.74 Å². The fourth-order valence-electron chi connectivity index (χ4n) is 4.04. The van der Waals surface area contributed by atoms with Crippen molar-refractivity contribution in [2.75, 3.05) is 6.61 Å². The van der Waals surface area contributed by atoms with Crippen molar-refractivity contribution >= 4 is 27.7 Å². The maximum Gasteiger partial charge on any atom is 0.261 e. The predicted octanol–water partition coefficient (Wildman–Crippen LogP) is 5.40. The van der Waals surface area contributed by atoms with E-state index in [9.17, 15) is 14.0 Å². The molecule has 0 unspecified atom stereocenters. The highest BCUT2D eigenvalue weighted by Gasteiger charge is 2.28. The Morgan fingerprint density at radius 2 is 1.79 bits per heavy atom. The van der Waals surface area contributed by atoms with Gasteiger partial charge in [0.2, 0.25) is 5.91 Å². The lowest BCUT2D eigenvalue weighted by atomic mass is 9.95. The number of nitrogens with zero attached hydrogens (tertiary/aromatic N) is 1. The van der Waals surface area contributed by atoms with E-state index in [1.807, 2.05) is 18.2 Å². The van der Waals surface area contributed by atoms with Gasteiger partial charge in [0.05, 0.1) is 4.47 Å². The maximum atomic E-state index is 13.4. The highest BCUT2D eigenvalue weighted by atomic mass is 79.9. The number of ether oxygens (including phenoxy) is 1. The third kappa shape index (κ3) is 7.29. The van der Waals surface area contributed by atoms with Crippen molar-refractivity contribution in [2.24, 2.45) is 0 Å². The molecule has 1 saturated carbocycles. The van der Waals surface area contributed by atoms with Crippen molar-refractivity contribution in [1.82, 2.24) is 10.2 Å². The van der Waals surface area contributed by atoms with E-state index >= 15 is 0 Å². The minimum absolute atomic E-state index is 0.153. The van der Waals surface area contributed by atoms with E-state index in [0.29, 0.717) is 5.75 Å².